The summed E-state index contributed by atoms with van der Waals surface area (Å²) in [7, 11) is 5.25. The van der Waals surface area contributed by atoms with E-state index in [1.165, 1.54) is 35.0 Å². The van der Waals surface area contributed by atoms with Crippen molar-refractivity contribution in [1.82, 2.24) is 19.8 Å². The van der Waals surface area contributed by atoms with Gasteiger partial charge in [-0.1, -0.05) is 16.9 Å². The number of carbonyl (C=O) groups excluding carboxylic acids is 5. The Balaban J connectivity index is 1.57. The van der Waals surface area contributed by atoms with Crippen LogP contribution in [0, 0.1) is 12.8 Å². The fraction of sp³-hybridized carbons (Fsp3) is 0.640. The van der Waals surface area contributed by atoms with Gasteiger partial charge in [0, 0.05) is 11.8 Å². The van der Waals surface area contributed by atoms with Crippen molar-refractivity contribution in [2.45, 2.75) is 82.4 Å². The van der Waals surface area contributed by atoms with Crippen molar-refractivity contribution in [2.24, 2.45) is 16.9 Å². The number of aryl methyl sites for hydroxylation is 1. The first-order valence-corrected chi connectivity index (χ1v) is 14.9. The Labute approximate surface area is 252 Å². The van der Waals surface area contributed by atoms with E-state index >= 15 is 0 Å². The van der Waals surface area contributed by atoms with Crippen LogP contribution in [0.2, 0.25) is 0 Å². The Hall–Kier alpha value is -3.18. The van der Waals surface area contributed by atoms with Crippen LogP contribution in [-0.4, -0.2) is 104 Å². The van der Waals surface area contributed by atoms with Crippen molar-refractivity contribution in [3.05, 3.63) is 16.1 Å². The van der Waals surface area contributed by atoms with Gasteiger partial charge in [-0.3, -0.25) is 24.3 Å². The smallest absolute Gasteiger partial charge is 0.378 e. The van der Waals surface area contributed by atoms with Crippen molar-refractivity contribution < 1.29 is 38.2 Å². The number of thioether (sulfide) groups is 1. The van der Waals surface area contributed by atoms with Crippen LogP contribution in [0.5, 0.6) is 0 Å². The third-order valence-corrected chi connectivity index (χ3v) is 9.39. The number of ketones is 1. The molecule has 1 aromatic heterocycles. The lowest BCUT2D eigenvalue weighted by molar-refractivity contribution is -0.179. The number of aromatic nitrogens is 1. The van der Waals surface area contributed by atoms with Crippen LogP contribution < -0.4 is 5.84 Å². The predicted molar refractivity (Wildman–Crippen MR) is 153 cm³/mol. The summed E-state index contributed by atoms with van der Waals surface area (Å²) in [6.07, 6.45) is -0.293. The van der Waals surface area contributed by atoms with E-state index in [1.807, 2.05) is 0 Å². The first-order valence-electron chi connectivity index (χ1n) is 13.1. The average Bonchev–Trinajstić information content (AvgIpc) is 3.55. The highest BCUT2D eigenvalue weighted by atomic mass is 32.2. The number of nitrogens with two attached hydrogens (primary N) is 1. The van der Waals surface area contributed by atoms with Gasteiger partial charge < -0.3 is 19.1 Å². The lowest BCUT2D eigenvalue weighted by atomic mass is 9.90. The van der Waals surface area contributed by atoms with Crippen LogP contribution in [0.25, 0.3) is 0 Å². The van der Waals surface area contributed by atoms with Crippen LogP contribution in [0.15, 0.2) is 10.5 Å². The minimum atomic E-state index is -1.64. The molecule has 14 nitrogen and oxygen atoms in total. The summed E-state index contributed by atoms with van der Waals surface area (Å²) in [6.45, 7) is 11.5. The van der Waals surface area contributed by atoms with Gasteiger partial charge in [0.25, 0.3) is 0 Å². The number of nitrogens with zero attached hydrogens (tertiary/aromatic N) is 5. The van der Waals surface area contributed by atoms with Crippen molar-refractivity contribution in [2.75, 3.05) is 13.1 Å². The van der Waals surface area contributed by atoms with E-state index in [0.717, 1.165) is 16.8 Å². The molecule has 2 N–H and O–H groups in total. The second kappa shape index (κ2) is 11.2. The van der Waals surface area contributed by atoms with Gasteiger partial charge in [-0.25, -0.2) is 20.4 Å². The molecular weight excluding hydrogens is 587 g/mol. The SMILES string of the molecule is [B]OC(=O)[C@@]1(N2C(=O)N(N)C[C@@H]2C)CN2C(=O)C(CC(=O)/C(=N\OC(C)(C)C(=O)OC(C)(C)C)c3csc(C)n3)[C@H]2S1. The number of thiazole rings is 1. The fourth-order valence-corrected chi connectivity index (χ4v) is 7.30. The molecule has 0 bridgehead atoms. The van der Waals surface area contributed by atoms with Crippen LogP contribution in [0.1, 0.15) is 58.7 Å². The van der Waals surface area contributed by atoms with Crippen molar-refractivity contribution in [3.8, 4) is 0 Å². The number of Topliss-reactive ketones (excluding diaryl/α,β-unsaturated/α-hetero) is 1. The lowest BCUT2D eigenvalue weighted by Gasteiger charge is -2.40. The standard InChI is InChI=1S/C25H33BN6O8S2/c1-12-9-31(27)22(37)32(12)25(21(36)39-26)11-30-18(34)14(19(30)42-25)8-16(33)17(15-10-41-13(2)28-15)29-40-24(6,7)20(35)38-23(3,4)5/h10,12,14,19H,8-9,11,27H2,1-7H3/b29-17-/t12-,14?,19+,25+/m0/s1. The summed E-state index contributed by atoms with van der Waals surface area (Å²) in [4.78, 5) is 76.3. The maximum Gasteiger partial charge on any atom is 0.378 e. The minimum Gasteiger partial charge on any atom is -0.541 e. The molecule has 3 aliphatic rings. The van der Waals surface area contributed by atoms with Crippen LogP contribution >= 0.6 is 23.1 Å². The van der Waals surface area contributed by atoms with Crippen molar-refractivity contribution in [3.63, 3.8) is 0 Å². The molecule has 226 valence electrons. The maximum absolute atomic E-state index is 13.6. The largest absolute Gasteiger partial charge is 0.541 e. The maximum atomic E-state index is 13.6. The molecule has 4 rings (SSSR count). The fourth-order valence-electron chi connectivity index (χ4n) is 4.89. The highest BCUT2D eigenvalue weighted by Gasteiger charge is 2.67. The van der Waals surface area contributed by atoms with Crippen LogP contribution in [0.3, 0.4) is 0 Å². The Bertz CT molecular complexity index is 1350. The molecule has 3 aliphatic heterocycles. The molecule has 0 aliphatic carbocycles. The average molecular weight is 621 g/mol. The van der Waals surface area contributed by atoms with E-state index in [9.17, 15) is 24.0 Å². The van der Waals surface area contributed by atoms with Gasteiger partial charge >= 0.3 is 26.0 Å². The summed E-state index contributed by atoms with van der Waals surface area (Å²) in [6, 6.07) is -1.08. The third kappa shape index (κ3) is 5.73. The summed E-state index contributed by atoms with van der Waals surface area (Å²) in [5, 5.41) is 6.66. The molecule has 0 saturated carbocycles. The van der Waals surface area contributed by atoms with Gasteiger partial charge in [0.1, 0.15) is 11.3 Å². The molecule has 17 heteroatoms. The minimum absolute atomic E-state index is 0.159. The van der Waals surface area contributed by atoms with E-state index in [4.69, 9.17) is 23.5 Å². The molecule has 0 spiro atoms. The second-order valence-corrected chi connectivity index (χ2v) is 14.3. The van der Waals surface area contributed by atoms with E-state index in [-0.39, 0.29) is 36.8 Å². The number of esters is 1. The molecule has 2 radical (unpaired) electrons. The zero-order valence-electron chi connectivity index (χ0n) is 24.4. The number of ether oxygens (including phenoxy) is 1. The first kappa shape index (κ1) is 31.8. The predicted octanol–water partition coefficient (Wildman–Crippen LogP) is 1.11. The lowest BCUT2D eigenvalue weighted by Crippen LogP contribution is -2.61. The van der Waals surface area contributed by atoms with Crippen molar-refractivity contribution >= 4 is 66.5 Å². The molecule has 4 heterocycles. The highest BCUT2D eigenvalue weighted by molar-refractivity contribution is 8.02. The Morgan fingerprint density at radius 1 is 1.24 bits per heavy atom. The summed E-state index contributed by atoms with van der Waals surface area (Å²) < 4.78 is 9.97. The molecule has 3 amide bonds. The molecule has 4 atom stereocenters. The molecule has 1 unspecified atom stereocenters. The number of hydrogen-bond acceptors (Lipinski definition) is 13. The van der Waals surface area contributed by atoms with Gasteiger partial charge in [0.05, 0.1) is 35.4 Å². The quantitative estimate of drug-likeness (QED) is 0.0797. The summed E-state index contributed by atoms with van der Waals surface area (Å²) >= 11 is 2.30. The number of carbonyl (C=O) groups is 5. The Morgan fingerprint density at radius 3 is 2.43 bits per heavy atom. The van der Waals surface area contributed by atoms with Crippen LogP contribution in [-0.2, 0) is 33.4 Å². The molecular formula is C25H33BN6O8S2. The number of rotatable bonds is 9. The normalized spacial score (nSPS) is 26.2. The Morgan fingerprint density at radius 2 is 1.90 bits per heavy atom. The van der Waals surface area contributed by atoms with Gasteiger partial charge in [0.2, 0.25) is 16.4 Å². The highest BCUT2D eigenvalue weighted by Crippen LogP contribution is 2.53. The summed E-state index contributed by atoms with van der Waals surface area (Å²) in [5.74, 6) is 2.41. The van der Waals surface area contributed by atoms with Crippen LogP contribution in [0.4, 0.5) is 4.79 Å². The molecule has 1 aromatic rings. The van der Waals surface area contributed by atoms with E-state index in [0.29, 0.717) is 5.01 Å². The molecule has 3 fully saturated rings. The molecule has 0 aromatic carbocycles. The number of fused-ring (bicyclic) bond motifs is 1. The topological polar surface area (TPSA) is 174 Å². The molecule has 42 heavy (non-hydrogen) atoms. The van der Waals surface area contributed by atoms with Gasteiger partial charge in [-0.2, -0.15) is 0 Å². The van der Waals surface area contributed by atoms with Gasteiger partial charge in [-0.15, -0.1) is 11.3 Å². The Kier molecular flexibility index (Phi) is 8.43. The number of hydrazine groups is 1. The van der Waals surface area contributed by atoms with Crippen molar-refractivity contribution in [1.29, 1.82) is 0 Å². The van der Waals surface area contributed by atoms with E-state index in [2.05, 4.69) is 14.8 Å². The second-order valence-electron chi connectivity index (χ2n) is 11.8. The van der Waals surface area contributed by atoms with E-state index in [1.54, 1.807) is 40.0 Å². The summed E-state index contributed by atoms with van der Waals surface area (Å²) in [5.41, 5.74) is -2.25. The zero-order valence-corrected chi connectivity index (χ0v) is 26.0. The number of β-lactam (4-membered cyclic amide) rings is 1. The number of hydrogen-bond donors (Lipinski definition) is 1. The molecule has 3 saturated heterocycles. The van der Waals surface area contributed by atoms with Gasteiger partial charge in [0.15, 0.2) is 11.5 Å². The first-order chi connectivity index (χ1) is 19.4. The number of urea groups is 1. The zero-order chi connectivity index (χ0) is 31.4. The van der Waals surface area contributed by atoms with E-state index < -0.39 is 57.2 Å². The number of amides is 3. The monoisotopic (exact) mass is 620 g/mol. The third-order valence-electron chi connectivity index (χ3n) is 6.91. The van der Waals surface area contributed by atoms with Gasteiger partial charge in [-0.05, 0) is 48.5 Å². The number of oxime groups is 1.